The molecule has 1 heterocycles. The summed E-state index contributed by atoms with van der Waals surface area (Å²) in [5.41, 5.74) is 8.49. The molecule has 0 aliphatic heterocycles. The van der Waals surface area contributed by atoms with E-state index in [-0.39, 0.29) is 16.4 Å². The number of aromatic nitrogens is 2. The lowest BCUT2D eigenvalue weighted by atomic mass is 10.7. The van der Waals surface area contributed by atoms with E-state index in [2.05, 4.69) is 28.7 Å². The predicted octanol–water partition coefficient (Wildman–Crippen LogP) is -1.15. The second kappa shape index (κ2) is 6.22. The summed E-state index contributed by atoms with van der Waals surface area (Å²) in [6, 6.07) is 1.30. The van der Waals surface area contributed by atoms with Crippen LogP contribution in [-0.2, 0) is 0 Å². The molecule has 0 unspecified atom stereocenters. The lowest BCUT2D eigenvalue weighted by molar-refractivity contribution is 0.991. The third-order valence-electron chi connectivity index (χ3n) is 0.988. The van der Waals surface area contributed by atoms with Gasteiger partial charge in [0.1, 0.15) is 0 Å². The smallest absolute Gasteiger partial charge is 0.338 e. The number of nitrogens with one attached hydrogen (secondary N) is 1. The van der Waals surface area contributed by atoms with E-state index in [4.69, 9.17) is 0 Å². The number of thiocarbonyl (C=S) groups is 1. The Balaban J connectivity index is 0.000000364. The molecule has 0 saturated heterocycles. The van der Waals surface area contributed by atoms with E-state index in [1.165, 1.54) is 28.2 Å². The molecule has 0 spiro atoms. The van der Waals surface area contributed by atoms with Crippen molar-refractivity contribution >= 4 is 29.3 Å². The summed E-state index contributed by atoms with van der Waals surface area (Å²) in [6.07, 6.45) is 3.19. The molecule has 0 fully saturated rings. The van der Waals surface area contributed by atoms with Crippen LogP contribution >= 0.6 is 24.2 Å². The van der Waals surface area contributed by atoms with Gasteiger partial charge in [-0.15, -0.1) is 0 Å². The van der Waals surface area contributed by atoms with Crippen LogP contribution in [0.4, 0.5) is 0 Å². The molecular formula is C6H10N4O2S2. The quantitative estimate of drug-likeness (QED) is 0.530. The zero-order valence-corrected chi connectivity index (χ0v) is 9.02. The molecule has 0 aliphatic rings. The van der Waals surface area contributed by atoms with E-state index in [1.807, 2.05) is 0 Å². The molecule has 1 aromatic heterocycles. The van der Waals surface area contributed by atoms with Crippen molar-refractivity contribution in [3.63, 3.8) is 0 Å². The average Bonchev–Trinajstić information content (AvgIpc) is 2.03. The summed E-state index contributed by atoms with van der Waals surface area (Å²) >= 11 is 5.33. The van der Waals surface area contributed by atoms with Crippen molar-refractivity contribution in [3.8, 4) is 0 Å². The number of hydrogen-bond donors (Lipinski definition) is 3. The van der Waals surface area contributed by atoms with E-state index in [9.17, 15) is 9.59 Å². The monoisotopic (exact) mass is 234 g/mol. The minimum atomic E-state index is -0.389. The Bertz CT molecular complexity index is 407. The molecule has 0 aliphatic carbocycles. The Hall–Kier alpha value is -1.28. The van der Waals surface area contributed by atoms with Crippen LogP contribution in [0.25, 0.3) is 0 Å². The molecule has 0 aromatic carbocycles. The van der Waals surface area contributed by atoms with Crippen molar-refractivity contribution in [1.29, 1.82) is 0 Å². The lowest BCUT2D eigenvalue weighted by Gasteiger charge is -1.94. The van der Waals surface area contributed by atoms with Crippen molar-refractivity contribution < 1.29 is 0 Å². The first-order valence-corrected chi connectivity index (χ1v) is 4.97. The zero-order chi connectivity index (χ0) is 11.1. The van der Waals surface area contributed by atoms with Crippen LogP contribution in [0.5, 0.6) is 0 Å². The Morgan fingerprint density at radius 2 is 2.07 bits per heavy atom. The molecule has 0 radical (unpaired) electrons. The van der Waals surface area contributed by atoms with Gasteiger partial charge in [0.25, 0.3) is 5.56 Å². The molecule has 8 heteroatoms. The fraction of sp³-hybridized carbons (Fsp3) is 0.167. The summed E-state index contributed by atoms with van der Waals surface area (Å²) in [5.74, 6) is 0. The lowest BCUT2D eigenvalue weighted by Crippen LogP contribution is -2.25. The third kappa shape index (κ3) is 5.38. The predicted molar refractivity (Wildman–Crippen MR) is 61.2 cm³/mol. The highest BCUT2D eigenvalue weighted by molar-refractivity contribution is 7.97. The first-order chi connectivity index (χ1) is 6.47. The largest absolute Gasteiger partial charge is 0.377 e. The van der Waals surface area contributed by atoms with Gasteiger partial charge in [0.2, 0.25) is 0 Å². The molecule has 1 rings (SSSR count). The van der Waals surface area contributed by atoms with Crippen LogP contribution in [0.15, 0.2) is 21.9 Å². The normalized spacial score (nSPS) is 8.64. The maximum absolute atomic E-state index is 10.8. The van der Waals surface area contributed by atoms with E-state index in [1.54, 1.807) is 6.26 Å². The molecule has 78 valence electrons. The molecule has 14 heavy (non-hydrogen) atoms. The van der Waals surface area contributed by atoms with Crippen molar-refractivity contribution in [2.75, 3.05) is 6.26 Å². The highest BCUT2D eigenvalue weighted by Gasteiger charge is 1.90. The standard InChI is InChI=1S/C5H6N2O2S.CH4N2S/c1-10-7-3-2-4(8)6-5(7)9;2-1(3)4/h2-3H,1H3,(H,6,8,9);(H4,2,3,4). The van der Waals surface area contributed by atoms with Gasteiger partial charge in [-0.1, -0.05) is 0 Å². The van der Waals surface area contributed by atoms with Gasteiger partial charge >= 0.3 is 5.69 Å². The topological polar surface area (TPSA) is 107 Å². The van der Waals surface area contributed by atoms with Crippen molar-refractivity contribution in [3.05, 3.63) is 33.1 Å². The van der Waals surface area contributed by atoms with Crippen LogP contribution in [0.3, 0.4) is 0 Å². The van der Waals surface area contributed by atoms with Gasteiger partial charge < -0.3 is 11.5 Å². The van der Waals surface area contributed by atoms with Gasteiger partial charge in [-0.05, 0) is 24.2 Å². The highest BCUT2D eigenvalue weighted by atomic mass is 32.2. The van der Waals surface area contributed by atoms with Crippen molar-refractivity contribution in [1.82, 2.24) is 8.96 Å². The van der Waals surface area contributed by atoms with E-state index >= 15 is 0 Å². The summed E-state index contributed by atoms with van der Waals surface area (Å²) in [7, 11) is 0. The Labute approximate surface area is 89.4 Å². The number of H-pyrrole nitrogens is 1. The van der Waals surface area contributed by atoms with Gasteiger partial charge in [-0.3, -0.25) is 9.78 Å². The minimum absolute atomic E-state index is 0.000000000000000222. The second-order valence-electron chi connectivity index (χ2n) is 2.02. The average molecular weight is 234 g/mol. The van der Waals surface area contributed by atoms with Gasteiger partial charge in [-0.25, -0.2) is 8.77 Å². The highest BCUT2D eigenvalue weighted by Crippen LogP contribution is 1.89. The van der Waals surface area contributed by atoms with Gasteiger partial charge in [0, 0.05) is 18.5 Å². The molecule has 1 aromatic rings. The summed E-state index contributed by atoms with van der Waals surface area (Å²) < 4.78 is 1.33. The Morgan fingerprint density at radius 1 is 1.57 bits per heavy atom. The molecule has 0 saturated carbocycles. The number of rotatable bonds is 1. The zero-order valence-electron chi connectivity index (χ0n) is 7.39. The molecule has 6 nitrogen and oxygen atoms in total. The van der Waals surface area contributed by atoms with Gasteiger partial charge in [-0.2, -0.15) is 0 Å². The van der Waals surface area contributed by atoms with Crippen LogP contribution < -0.4 is 22.7 Å². The number of aromatic amines is 1. The first kappa shape index (κ1) is 12.7. The second-order valence-corrected chi connectivity index (χ2v) is 3.25. The minimum Gasteiger partial charge on any atom is -0.377 e. The number of nitrogens with zero attached hydrogens (tertiary/aromatic N) is 1. The van der Waals surface area contributed by atoms with E-state index in [0.29, 0.717) is 0 Å². The van der Waals surface area contributed by atoms with E-state index in [0.717, 1.165) is 0 Å². The molecule has 0 bridgehead atoms. The number of nitrogens with two attached hydrogens (primary N) is 2. The summed E-state index contributed by atoms with van der Waals surface area (Å²) in [6.45, 7) is 0. The Morgan fingerprint density at radius 3 is 2.43 bits per heavy atom. The van der Waals surface area contributed by atoms with Crippen LogP contribution in [0.1, 0.15) is 0 Å². The molecule has 0 amide bonds. The summed E-state index contributed by atoms with van der Waals surface area (Å²) in [4.78, 5) is 23.4. The van der Waals surface area contributed by atoms with Crippen LogP contribution in [-0.4, -0.2) is 20.3 Å². The maximum Gasteiger partial charge on any atom is 0.338 e. The summed E-state index contributed by atoms with van der Waals surface area (Å²) in [5, 5.41) is 0.000000000000000222. The molecule has 0 atom stereocenters. The maximum atomic E-state index is 10.8. The Kier molecular flexibility index (Phi) is 5.65. The van der Waals surface area contributed by atoms with Crippen molar-refractivity contribution in [2.45, 2.75) is 0 Å². The SMILES string of the molecule is CSn1ccc(=O)[nH]c1=O.NC(N)=S. The first-order valence-electron chi connectivity index (χ1n) is 3.38. The van der Waals surface area contributed by atoms with Crippen molar-refractivity contribution in [2.24, 2.45) is 11.5 Å². The van der Waals surface area contributed by atoms with Gasteiger partial charge in [0.05, 0.1) is 0 Å². The van der Waals surface area contributed by atoms with E-state index < -0.39 is 0 Å². The number of hydrogen-bond acceptors (Lipinski definition) is 4. The molecular weight excluding hydrogens is 224 g/mol. The fourth-order valence-electron chi connectivity index (χ4n) is 0.549. The van der Waals surface area contributed by atoms with Crippen LogP contribution in [0.2, 0.25) is 0 Å². The van der Waals surface area contributed by atoms with Crippen LogP contribution in [0, 0.1) is 0 Å². The fourth-order valence-corrected chi connectivity index (χ4v) is 0.943. The van der Waals surface area contributed by atoms with Gasteiger partial charge in [0.15, 0.2) is 5.11 Å². The molecule has 5 N–H and O–H groups in total. The third-order valence-corrected chi connectivity index (χ3v) is 1.67.